The van der Waals surface area contributed by atoms with Gasteiger partial charge in [-0.25, -0.2) is 0 Å². The van der Waals surface area contributed by atoms with Gasteiger partial charge < -0.3 is 5.11 Å². The van der Waals surface area contributed by atoms with Crippen LogP contribution in [0, 0.1) is 11.8 Å². The van der Waals surface area contributed by atoms with Crippen LogP contribution in [0.2, 0.25) is 0 Å². The maximum Gasteiger partial charge on any atom is 0.303 e. The van der Waals surface area contributed by atoms with Crippen molar-refractivity contribution >= 4 is 5.97 Å². The fraction of sp³-hybridized carbons (Fsp3) is 0.850. The van der Waals surface area contributed by atoms with Gasteiger partial charge in [0.1, 0.15) is 0 Å². The molecular formula is C20H36O2. The smallest absolute Gasteiger partial charge is 0.303 e. The second-order valence-corrected chi connectivity index (χ2v) is 6.98. The minimum Gasteiger partial charge on any atom is -0.481 e. The summed E-state index contributed by atoms with van der Waals surface area (Å²) in [5, 5.41) is 8.62. The third kappa shape index (κ3) is 9.27. The Kier molecular flexibility index (Phi) is 11.1. The van der Waals surface area contributed by atoms with Gasteiger partial charge in [0.05, 0.1) is 0 Å². The average Bonchev–Trinajstić information content (AvgIpc) is 2.93. The summed E-state index contributed by atoms with van der Waals surface area (Å²) in [6, 6.07) is 0. The summed E-state index contributed by atoms with van der Waals surface area (Å²) in [6.07, 6.45) is 21.9. The van der Waals surface area contributed by atoms with Crippen molar-refractivity contribution in [2.24, 2.45) is 11.8 Å². The Morgan fingerprint density at radius 3 is 2.59 bits per heavy atom. The van der Waals surface area contributed by atoms with Gasteiger partial charge in [0.15, 0.2) is 0 Å². The highest BCUT2D eigenvalue weighted by Crippen LogP contribution is 2.36. The van der Waals surface area contributed by atoms with Crippen LogP contribution in [-0.4, -0.2) is 11.1 Å². The summed E-state index contributed by atoms with van der Waals surface area (Å²) in [7, 11) is 0. The predicted molar refractivity (Wildman–Crippen MR) is 94.1 cm³/mol. The summed E-state index contributed by atoms with van der Waals surface area (Å²) in [4.78, 5) is 10.5. The average molecular weight is 309 g/mol. The van der Waals surface area contributed by atoms with Gasteiger partial charge in [0, 0.05) is 6.42 Å². The monoisotopic (exact) mass is 308 g/mol. The Morgan fingerprint density at radius 2 is 1.82 bits per heavy atom. The highest BCUT2D eigenvalue weighted by molar-refractivity contribution is 5.66. The van der Waals surface area contributed by atoms with E-state index in [1.807, 2.05) is 0 Å². The molecule has 128 valence electrons. The van der Waals surface area contributed by atoms with E-state index in [4.69, 9.17) is 5.11 Å². The fourth-order valence-corrected chi connectivity index (χ4v) is 3.67. The maximum atomic E-state index is 10.5. The Bertz CT molecular complexity index is 309. The third-order valence-corrected chi connectivity index (χ3v) is 5.04. The van der Waals surface area contributed by atoms with E-state index in [1.165, 1.54) is 70.6 Å². The van der Waals surface area contributed by atoms with E-state index in [0.717, 1.165) is 24.7 Å². The third-order valence-electron chi connectivity index (χ3n) is 5.04. The molecule has 2 heteroatoms. The van der Waals surface area contributed by atoms with Crippen molar-refractivity contribution in [3.63, 3.8) is 0 Å². The summed E-state index contributed by atoms with van der Waals surface area (Å²) in [5.74, 6) is 1.07. The lowest BCUT2D eigenvalue weighted by Gasteiger charge is -2.16. The van der Waals surface area contributed by atoms with E-state index in [9.17, 15) is 4.79 Å². The fourth-order valence-electron chi connectivity index (χ4n) is 3.67. The molecule has 1 aliphatic carbocycles. The molecule has 2 atom stereocenters. The van der Waals surface area contributed by atoms with E-state index in [-0.39, 0.29) is 0 Å². The molecule has 0 saturated heterocycles. The van der Waals surface area contributed by atoms with Crippen molar-refractivity contribution in [3.05, 3.63) is 12.2 Å². The normalized spacial score (nSPS) is 21.7. The first-order valence-corrected chi connectivity index (χ1v) is 9.62. The van der Waals surface area contributed by atoms with Crippen molar-refractivity contribution in [1.82, 2.24) is 0 Å². The molecule has 1 rings (SSSR count). The molecule has 1 N–H and O–H groups in total. The van der Waals surface area contributed by atoms with Crippen LogP contribution in [0.3, 0.4) is 0 Å². The van der Waals surface area contributed by atoms with Gasteiger partial charge in [0.2, 0.25) is 0 Å². The number of unbranched alkanes of at least 4 members (excludes halogenated alkanes) is 7. The van der Waals surface area contributed by atoms with E-state index in [0.29, 0.717) is 6.42 Å². The maximum absolute atomic E-state index is 10.5. The van der Waals surface area contributed by atoms with E-state index >= 15 is 0 Å². The molecule has 2 nitrogen and oxygen atoms in total. The topological polar surface area (TPSA) is 37.3 Å². The molecule has 1 aliphatic rings. The number of carbonyl (C=O) groups is 1. The molecule has 0 radical (unpaired) electrons. The molecular weight excluding hydrogens is 272 g/mol. The second kappa shape index (κ2) is 12.7. The molecule has 0 aromatic heterocycles. The van der Waals surface area contributed by atoms with E-state index < -0.39 is 5.97 Å². The minimum atomic E-state index is -0.653. The summed E-state index contributed by atoms with van der Waals surface area (Å²) >= 11 is 0. The van der Waals surface area contributed by atoms with Crippen molar-refractivity contribution < 1.29 is 9.90 Å². The number of aliphatic carboxylic acids is 1. The first kappa shape index (κ1) is 19.3. The van der Waals surface area contributed by atoms with Crippen LogP contribution in [0.25, 0.3) is 0 Å². The van der Waals surface area contributed by atoms with Gasteiger partial charge in [-0.1, -0.05) is 64.0 Å². The number of allylic oxidation sites excluding steroid dienone is 2. The zero-order valence-corrected chi connectivity index (χ0v) is 14.6. The van der Waals surface area contributed by atoms with Gasteiger partial charge in [-0.15, -0.1) is 0 Å². The highest BCUT2D eigenvalue weighted by Gasteiger charge is 2.24. The lowest BCUT2D eigenvalue weighted by molar-refractivity contribution is -0.137. The number of carboxylic acids is 1. The molecule has 0 unspecified atom stereocenters. The first-order chi connectivity index (χ1) is 10.7. The summed E-state index contributed by atoms with van der Waals surface area (Å²) in [5.41, 5.74) is 0. The van der Waals surface area contributed by atoms with Crippen LogP contribution in [0.15, 0.2) is 12.2 Å². The molecule has 0 spiro atoms. The van der Waals surface area contributed by atoms with Crippen LogP contribution >= 0.6 is 0 Å². The molecule has 0 aromatic rings. The molecule has 0 bridgehead atoms. The highest BCUT2D eigenvalue weighted by atomic mass is 16.4. The largest absolute Gasteiger partial charge is 0.481 e. The number of hydrogen-bond donors (Lipinski definition) is 1. The van der Waals surface area contributed by atoms with Crippen molar-refractivity contribution in [2.75, 3.05) is 0 Å². The number of rotatable bonds is 13. The van der Waals surface area contributed by atoms with Crippen LogP contribution in [0.4, 0.5) is 0 Å². The van der Waals surface area contributed by atoms with Crippen LogP contribution in [-0.2, 0) is 4.79 Å². The molecule has 1 fully saturated rings. The summed E-state index contributed by atoms with van der Waals surface area (Å²) < 4.78 is 0. The van der Waals surface area contributed by atoms with Crippen molar-refractivity contribution in [1.29, 1.82) is 0 Å². The Labute approximate surface area is 137 Å². The van der Waals surface area contributed by atoms with Gasteiger partial charge in [0.25, 0.3) is 0 Å². The molecule has 0 aliphatic heterocycles. The van der Waals surface area contributed by atoms with Crippen LogP contribution in [0.1, 0.15) is 96.8 Å². The lowest BCUT2D eigenvalue weighted by Crippen LogP contribution is -2.05. The van der Waals surface area contributed by atoms with Crippen LogP contribution < -0.4 is 0 Å². The molecule has 22 heavy (non-hydrogen) atoms. The Balaban J connectivity index is 2.07. The quantitative estimate of drug-likeness (QED) is 0.318. The van der Waals surface area contributed by atoms with Crippen molar-refractivity contribution in [2.45, 2.75) is 96.8 Å². The zero-order valence-electron chi connectivity index (χ0n) is 14.6. The summed E-state index contributed by atoms with van der Waals surface area (Å²) in [6.45, 7) is 2.26. The van der Waals surface area contributed by atoms with Crippen molar-refractivity contribution in [3.8, 4) is 0 Å². The predicted octanol–water partition coefficient (Wildman–Crippen LogP) is 6.35. The van der Waals surface area contributed by atoms with Gasteiger partial charge in [-0.05, 0) is 50.4 Å². The van der Waals surface area contributed by atoms with Gasteiger partial charge >= 0.3 is 5.97 Å². The molecule has 0 amide bonds. The van der Waals surface area contributed by atoms with Gasteiger partial charge in [-0.2, -0.15) is 0 Å². The Morgan fingerprint density at radius 1 is 1.05 bits per heavy atom. The van der Waals surface area contributed by atoms with Crippen LogP contribution in [0.5, 0.6) is 0 Å². The standard InChI is InChI=1S/C20H36O2/c1-2-3-4-5-6-9-13-18-15-12-16-19(18)14-10-7-8-11-17-20(21)22/h9,13,18-19H,2-8,10-12,14-17H2,1H3,(H,21,22)/t18-,19+/m1/s1. The molecule has 1 saturated carbocycles. The minimum absolute atomic E-state index is 0.340. The SMILES string of the molecule is CCCCCCC=C[C@@H]1CCC[C@@H]1CCCCCCC(=O)O. The van der Waals surface area contributed by atoms with Gasteiger partial charge in [-0.3, -0.25) is 4.79 Å². The van der Waals surface area contributed by atoms with E-state index in [2.05, 4.69) is 19.1 Å². The zero-order chi connectivity index (χ0) is 16.0. The van der Waals surface area contributed by atoms with E-state index in [1.54, 1.807) is 0 Å². The molecule has 0 aromatic carbocycles. The lowest BCUT2D eigenvalue weighted by atomic mass is 9.90. The Hall–Kier alpha value is -0.790. The molecule has 0 heterocycles. The second-order valence-electron chi connectivity index (χ2n) is 6.98. The number of carboxylic acid groups (broad SMARTS) is 1. The number of hydrogen-bond acceptors (Lipinski definition) is 1. The first-order valence-electron chi connectivity index (χ1n) is 9.62.